The molecule has 1 heterocycles. The van der Waals surface area contributed by atoms with Gasteiger partial charge in [0.2, 0.25) is 0 Å². The molecule has 0 aromatic rings. The minimum Gasteiger partial charge on any atom is -0.330 e. The molecule has 0 radical (unpaired) electrons. The van der Waals surface area contributed by atoms with Crippen LogP contribution in [0.2, 0.25) is 0 Å². The highest BCUT2D eigenvalue weighted by atomic mass is 15.2. The van der Waals surface area contributed by atoms with Crippen molar-refractivity contribution < 1.29 is 0 Å². The topological polar surface area (TPSA) is 29.3 Å². The molecule has 1 aliphatic rings. The molecule has 1 rings (SSSR count). The minimum atomic E-state index is 0.407. The third kappa shape index (κ3) is 3.76. The molecule has 1 saturated heterocycles. The predicted molar refractivity (Wildman–Crippen MR) is 66.9 cm³/mol. The fourth-order valence-corrected chi connectivity index (χ4v) is 2.73. The predicted octanol–water partition coefficient (Wildman–Crippen LogP) is 2.48. The van der Waals surface area contributed by atoms with E-state index >= 15 is 0 Å². The van der Waals surface area contributed by atoms with Crippen LogP contribution in [-0.2, 0) is 0 Å². The summed E-state index contributed by atoms with van der Waals surface area (Å²) in [7, 11) is 0. The molecule has 90 valence electrons. The largest absolute Gasteiger partial charge is 0.330 e. The molecule has 0 aliphatic carbocycles. The van der Waals surface area contributed by atoms with Gasteiger partial charge < -0.3 is 5.73 Å². The van der Waals surface area contributed by atoms with Crippen molar-refractivity contribution in [3.05, 3.63) is 0 Å². The van der Waals surface area contributed by atoms with E-state index in [1.807, 2.05) is 0 Å². The highest BCUT2D eigenvalue weighted by Gasteiger charge is 2.32. The lowest BCUT2D eigenvalue weighted by molar-refractivity contribution is 0.142. The summed E-state index contributed by atoms with van der Waals surface area (Å²) in [6, 6.07) is 0. The number of nitrogens with zero attached hydrogens (tertiary/aromatic N) is 1. The molecule has 2 N–H and O–H groups in total. The maximum absolute atomic E-state index is 5.86. The summed E-state index contributed by atoms with van der Waals surface area (Å²) >= 11 is 0. The Hall–Kier alpha value is -0.0800. The first-order valence-corrected chi connectivity index (χ1v) is 6.41. The van der Waals surface area contributed by atoms with Crippen molar-refractivity contribution in [1.82, 2.24) is 4.90 Å². The normalized spacial score (nSPS) is 23.6. The summed E-state index contributed by atoms with van der Waals surface area (Å²) < 4.78 is 0. The van der Waals surface area contributed by atoms with Crippen LogP contribution in [0, 0.1) is 11.8 Å². The zero-order chi connectivity index (χ0) is 11.5. The standard InChI is InChI=1S/C13H28N2/c1-11(2)8-12(9-14)10-15-7-5-6-13(15,3)4/h11-12H,5-10,14H2,1-4H3. The zero-order valence-electron chi connectivity index (χ0n) is 10.9. The molecule has 1 atom stereocenters. The van der Waals surface area contributed by atoms with Gasteiger partial charge in [0.1, 0.15) is 0 Å². The van der Waals surface area contributed by atoms with Crippen molar-refractivity contribution in [3.8, 4) is 0 Å². The third-order valence-electron chi connectivity index (χ3n) is 3.69. The lowest BCUT2D eigenvalue weighted by Gasteiger charge is -2.34. The molecule has 2 heteroatoms. The van der Waals surface area contributed by atoms with E-state index in [1.165, 1.54) is 32.4 Å². The van der Waals surface area contributed by atoms with Crippen LogP contribution in [0.25, 0.3) is 0 Å². The van der Waals surface area contributed by atoms with Crippen LogP contribution >= 0.6 is 0 Å². The van der Waals surface area contributed by atoms with Crippen LogP contribution in [0.4, 0.5) is 0 Å². The van der Waals surface area contributed by atoms with Gasteiger partial charge in [-0.1, -0.05) is 13.8 Å². The molecule has 1 unspecified atom stereocenters. The van der Waals surface area contributed by atoms with Crippen LogP contribution in [0.5, 0.6) is 0 Å². The van der Waals surface area contributed by atoms with Crippen LogP contribution in [0.1, 0.15) is 47.0 Å². The molecule has 1 aliphatic heterocycles. The second-order valence-corrected chi connectivity index (χ2v) is 6.09. The van der Waals surface area contributed by atoms with E-state index in [1.54, 1.807) is 0 Å². The van der Waals surface area contributed by atoms with E-state index < -0.39 is 0 Å². The molecule has 0 saturated carbocycles. The molecular weight excluding hydrogens is 184 g/mol. The summed E-state index contributed by atoms with van der Waals surface area (Å²) in [5, 5.41) is 0. The van der Waals surface area contributed by atoms with Crippen molar-refractivity contribution in [2.24, 2.45) is 17.6 Å². The van der Waals surface area contributed by atoms with Gasteiger partial charge in [0.15, 0.2) is 0 Å². The zero-order valence-corrected chi connectivity index (χ0v) is 10.9. The number of nitrogens with two attached hydrogens (primary N) is 1. The van der Waals surface area contributed by atoms with Gasteiger partial charge in [0.05, 0.1) is 0 Å². The fourth-order valence-electron chi connectivity index (χ4n) is 2.73. The van der Waals surface area contributed by atoms with Gasteiger partial charge in [-0.25, -0.2) is 0 Å². The third-order valence-corrected chi connectivity index (χ3v) is 3.69. The van der Waals surface area contributed by atoms with Gasteiger partial charge in [-0.2, -0.15) is 0 Å². The minimum absolute atomic E-state index is 0.407. The Balaban J connectivity index is 2.44. The first-order chi connectivity index (χ1) is 6.95. The first-order valence-electron chi connectivity index (χ1n) is 6.41. The van der Waals surface area contributed by atoms with E-state index in [0.717, 1.165) is 12.5 Å². The Morgan fingerprint density at radius 3 is 2.40 bits per heavy atom. The van der Waals surface area contributed by atoms with Crippen molar-refractivity contribution in [2.75, 3.05) is 19.6 Å². The number of hydrogen-bond acceptors (Lipinski definition) is 2. The molecule has 0 spiro atoms. The van der Waals surface area contributed by atoms with E-state index in [4.69, 9.17) is 5.73 Å². The molecule has 1 fully saturated rings. The molecule has 0 aromatic heterocycles. The summed E-state index contributed by atoms with van der Waals surface area (Å²) in [6.07, 6.45) is 3.96. The summed E-state index contributed by atoms with van der Waals surface area (Å²) in [6.45, 7) is 12.6. The van der Waals surface area contributed by atoms with Crippen LogP contribution < -0.4 is 5.73 Å². The monoisotopic (exact) mass is 212 g/mol. The molecule has 2 nitrogen and oxygen atoms in total. The fraction of sp³-hybridized carbons (Fsp3) is 1.00. The van der Waals surface area contributed by atoms with Gasteiger partial charge in [-0.15, -0.1) is 0 Å². The van der Waals surface area contributed by atoms with Gasteiger partial charge in [0.25, 0.3) is 0 Å². The van der Waals surface area contributed by atoms with Crippen LogP contribution in [-0.4, -0.2) is 30.1 Å². The Morgan fingerprint density at radius 2 is 2.00 bits per heavy atom. The molecule has 0 aromatic carbocycles. The maximum atomic E-state index is 5.86. The molecule has 15 heavy (non-hydrogen) atoms. The van der Waals surface area contributed by atoms with Crippen LogP contribution in [0.3, 0.4) is 0 Å². The van der Waals surface area contributed by atoms with Crippen molar-refractivity contribution in [1.29, 1.82) is 0 Å². The molecular formula is C13H28N2. The van der Waals surface area contributed by atoms with E-state index in [-0.39, 0.29) is 0 Å². The second kappa shape index (κ2) is 5.31. The first kappa shape index (κ1) is 13.0. The number of hydrogen-bond donors (Lipinski definition) is 1. The Labute approximate surface area is 95.2 Å². The quantitative estimate of drug-likeness (QED) is 0.758. The van der Waals surface area contributed by atoms with Crippen molar-refractivity contribution >= 4 is 0 Å². The Morgan fingerprint density at radius 1 is 1.33 bits per heavy atom. The van der Waals surface area contributed by atoms with Gasteiger partial charge in [0, 0.05) is 12.1 Å². The lowest BCUT2D eigenvalue weighted by atomic mass is 9.94. The van der Waals surface area contributed by atoms with E-state index in [0.29, 0.717) is 11.5 Å². The Kier molecular flexibility index (Phi) is 4.60. The summed E-state index contributed by atoms with van der Waals surface area (Å²) in [5.41, 5.74) is 6.27. The van der Waals surface area contributed by atoms with Gasteiger partial charge >= 0.3 is 0 Å². The van der Waals surface area contributed by atoms with Crippen LogP contribution in [0.15, 0.2) is 0 Å². The number of rotatable bonds is 5. The van der Waals surface area contributed by atoms with E-state index in [2.05, 4.69) is 32.6 Å². The van der Waals surface area contributed by atoms with Crippen molar-refractivity contribution in [3.63, 3.8) is 0 Å². The maximum Gasteiger partial charge on any atom is 0.0153 e. The highest BCUT2D eigenvalue weighted by Crippen LogP contribution is 2.29. The van der Waals surface area contributed by atoms with Gasteiger partial charge in [-0.05, 0) is 58.0 Å². The summed E-state index contributed by atoms with van der Waals surface area (Å²) in [4.78, 5) is 2.63. The SMILES string of the molecule is CC(C)CC(CN)CN1CCCC1(C)C. The van der Waals surface area contributed by atoms with Gasteiger partial charge in [-0.3, -0.25) is 4.90 Å². The van der Waals surface area contributed by atoms with Crippen molar-refractivity contribution in [2.45, 2.75) is 52.5 Å². The molecule has 0 amide bonds. The second-order valence-electron chi connectivity index (χ2n) is 6.09. The Bertz CT molecular complexity index is 187. The molecule has 0 bridgehead atoms. The smallest absolute Gasteiger partial charge is 0.0153 e. The average molecular weight is 212 g/mol. The van der Waals surface area contributed by atoms with E-state index in [9.17, 15) is 0 Å². The summed E-state index contributed by atoms with van der Waals surface area (Å²) in [5.74, 6) is 1.45. The lowest BCUT2D eigenvalue weighted by Crippen LogP contribution is -2.42. The number of likely N-dealkylation sites (tertiary alicyclic amines) is 1. The highest BCUT2D eigenvalue weighted by molar-refractivity contribution is 4.89. The average Bonchev–Trinajstić information content (AvgIpc) is 2.44.